The number of nitrogens with zero attached hydrogens (tertiary/aromatic N) is 3. The molecule has 8 heteroatoms. The summed E-state index contributed by atoms with van der Waals surface area (Å²) >= 11 is 0. The summed E-state index contributed by atoms with van der Waals surface area (Å²) in [4.78, 5) is 41.8. The van der Waals surface area contributed by atoms with Crippen LogP contribution in [0.1, 0.15) is 27.2 Å². The maximum atomic E-state index is 12.4. The van der Waals surface area contributed by atoms with Crippen molar-refractivity contribution < 1.29 is 23.9 Å². The van der Waals surface area contributed by atoms with Crippen LogP contribution in [-0.2, 0) is 23.9 Å². The second-order valence-electron chi connectivity index (χ2n) is 8.26. The van der Waals surface area contributed by atoms with Crippen molar-refractivity contribution in [2.75, 3.05) is 73.1 Å². The summed E-state index contributed by atoms with van der Waals surface area (Å²) in [7, 11) is 2.75. The van der Waals surface area contributed by atoms with Crippen LogP contribution in [0.2, 0.25) is 0 Å². The maximum Gasteiger partial charge on any atom is 0.319 e. The van der Waals surface area contributed by atoms with E-state index in [1.54, 1.807) is 0 Å². The highest BCUT2D eigenvalue weighted by molar-refractivity contribution is 5.81. The first kappa shape index (κ1) is 23.5. The Bertz CT molecular complexity index is 474. The quantitative estimate of drug-likeness (QED) is 0.578. The van der Waals surface area contributed by atoms with Gasteiger partial charge in [0.2, 0.25) is 0 Å². The van der Waals surface area contributed by atoms with Gasteiger partial charge >= 0.3 is 11.9 Å². The summed E-state index contributed by atoms with van der Waals surface area (Å²) in [5, 5.41) is 0. The van der Waals surface area contributed by atoms with Crippen LogP contribution in [0.15, 0.2) is 0 Å². The average molecular weight is 386 g/mol. The summed E-state index contributed by atoms with van der Waals surface area (Å²) in [5.74, 6) is -0.367. The molecule has 8 nitrogen and oxygen atoms in total. The molecule has 156 valence electrons. The highest BCUT2D eigenvalue weighted by atomic mass is 16.5. The van der Waals surface area contributed by atoms with Gasteiger partial charge in [-0.05, 0) is 5.41 Å². The first-order chi connectivity index (χ1) is 12.6. The lowest BCUT2D eigenvalue weighted by molar-refractivity contribution is -0.143. The van der Waals surface area contributed by atoms with E-state index >= 15 is 0 Å². The Morgan fingerprint density at radius 3 is 1.33 bits per heavy atom. The van der Waals surface area contributed by atoms with E-state index < -0.39 is 0 Å². The van der Waals surface area contributed by atoms with E-state index in [2.05, 4.69) is 25.7 Å². The van der Waals surface area contributed by atoms with Crippen LogP contribution in [0.4, 0.5) is 0 Å². The van der Waals surface area contributed by atoms with Crippen LogP contribution < -0.4 is 0 Å². The SMILES string of the molecule is COC(=O)CN1CCN(CC(=O)CC(C)(C)C)CCN(CC(=O)OC)CC1. The number of esters is 2. The fourth-order valence-corrected chi connectivity index (χ4v) is 3.05. The van der Waals surface area contributed by atoms with Gasteiger partial charge in [-0.15, -0.1) is 0 Å². The number of hydrogen-bond acceptors (Lipinski definition) is 8. The fraction of sp³-hybridized carbons (Fsp3) is 0.842. The molecule has 0 aromatic carbocycles. The van der Waals surface area contributed by atoms with Gasteiger partial charge < -0.3 is 9.47 Å². The first-order valence-electron chi connectivity index (χ1n) is 9.45. The second kappa shape index (κ2) is 11.4. The summed E-state index contributed by atoms with van der Waals surface area (Å²) < 4.78 is 9.55. The summed E-state index contributed by atoms with van der Waals surface area (Å²) in [6, 6.07) is 0. The van der Waals surface area contributed by atoms with Crippen LogP contribution in [-0.4, -0.2) is 106 Å². The van der Waals surface area contributed by atoms with Crippen molar-refractivity contribution in [1.82, 2.24) is 14.7 Å². The average Bonchev–Trinajstić information content (AvgIpc) is 2.66. The van der Waals surface area contributed by atoms with Gasteiger partial charge in [0, 0.05) is 45.7 Å². The first-order valence-corrected chi connectivity index (χ1v) is 9.45. The third-order valence-corrected chi connectivity index (χ3v) is 4.49. The zero-order valence-corrected chi connectivity index (χ0v) is 17.5. The number of methoxy groups -OCH3 is 2. The molecule has 1 rings (SSSR count). The smallest absolute Gasteiger partial charge is 0.319 e. The molecule has 0 spiro atoms. The minimum atomic E-state index is -0.288. The van der Waals surface area contributed by atoms with Crippen LogP contribution in [0.5, 0.6) is 0 Å². The summed E-state index contributed by atoms with van der Waals surface area (Å²) in [5.41, 5.74) is -0.0372. The maximum absolute atomic E-state index is 12.4. The summed E-state index contributed by atoms with van der Waals surface area (Å²) in [6.07, 6.45) is 0.529. The Balaban J connectivity index is 2.76. The van der Waals surface area contributed by atoms with Crippen LogP contribution in [0, 0.1) is 5.41 Å². The molecule has 0 N–H and O–H groups in total. The van der Waals surface area contributed by atoms with Gasteiger partial charge in [0.25, 0.3) is 0 Å². The second-order valence-corrected chi connectivity index (χ2v) is 8.26. The van der Waals surface area contributed by atoms with Gasteiger partial charge in [0.1, 0.15) is 5.78 Å². The monoisotopic (exact) mass is 385 g/mol. The number of carbonyl (C=O) groups excluding carboxylic acids is 3. The van der Waals surface area contributed by atoms with Crippen molar-refractivity contribution in [2.45, 2.75) is 27.2 Å². The number of rotatable bonds is 7. The molecule has 0 aliphatic carbocycles. The van der Waals surface area contributed by atoms with Gasteiger partial charge in [0.15, 0.2) is 0 Å². The number of ether oxygens (including phenoxy) is 2. The van der Waals surface area contributed by atoms with Crippen LogP contribution >= 0.6 is 0 Å². The van der Waals surface area contributed by atoms with E-state index in [0.717, 1.165) is 0 Å². The molecule has 0 unspecified atom stereocenters. The largest absolute Gasteiger partial charge is 0.468 e. The van der Waals surface area contributed by atoms with Gasteiger partial charge in [-0.25, -0.2) is 0 Å². The predicted molar refractivity (Wildman–Crippen MR) is 102 cm³/mol. The lowest BCUT2D eigenvalue weighted by Crippen LogP contribution is -2.41. The van der Waals surface area contributed by atoms with Crippen molar-refractivity contribution >= 4 is 17.7 Å². The molecular formula is C19H35N3O5. The molecule has 0 amide bonds. The zero-order chi connectivity index (χ0) is 20.4. The molecule has 0 atom stereocenters. The molecule has 1 saturated heterocycles. The molecule has 1 heterocycles. The van der Waals surface area contributed by atoms with E-state index in [4.69, 9.17) is 9.47 Å². The third kappa shape index (κ3) is 10.4. The normalized spacial score (nSPS) is 18.3. The van der Waals surface area contributed by atoms with Crippen molar-refractivity contribution in [1.29, 1.82) is 0 Å². The molecule has 0 bridgehead atoms. The molecule has 0 saturated carbocycles. The van der Waals surface area contributed by atoms with Gasteiger partial charge in [-0.3, -0.25) is 29.1 Å². The molecular weight excluding hydrogens is 350 g/mol. The number of carbonyl (C=O) groups is 3. The fourth-order valence-electron chi connectivity index (χ4n) is 3.05. The molecule has 0 aromatic rings. The van der Waals surface area contributed by atoms with E-state index in [9.17, 15) is 14.4 Å². The van der Waals surface area contributed by atoms with Crippen molar-refractivity contribution in [3.63, 3.8) is 0 Å². The molecule has 0 radical (unpaired) electrons. The minimum Gasteiger partial charge on any atom is -0.468 e. The Hall–Kier alpha value is -1.51. The Labute approximate surface area is 162 Å². The van der Waals surface area contributed by atoms with Gasteiger partial charge in [0.05, 0.1) is 33.9 Å². The highest BCUT2D eigenvalue weighted by Gasteiger charge is 2.23. The van der Waals surface area contributed by atoms with Gasteiger partial charge in [-0.2, -0.15) is 0 Å². The van der Waals surface area contributed by atoms with E-state index in [0.29, 0.717) is 52.2 Å². The Kier molecular flexibility index (Phi) is 9.90. The minimum absolute atomic E-state index is 0.0372. The number of hydrogen-bond donors (Lipinski definition) is 0. The zero-order valence-electron chi connectivity index (χ0n) is 17.5. The lowest BCUT2D eigenvalue weighted by atomic mass is 9.90. The van der Waals surface area contributed by atoms with Crippen molar-refractivity contribution in [2.24, 2.45) is 5.41 Å². The molecule has 1 aliphatic heterocycles. The Morgan fingerprint density at radius 2 is 1.04 bits per heavy atom. The van der Waals surface area contributed by atoms with E-state index in [-0.39, 0.29) is 36.2 Å². The summed E-state index contributed by atoms with van der Waals surface area (Å²) in [6.45, 7) is 11.0. The van der Waals surface area contributed by atoms with Crippen molar-refractivity contribution in [3.05, 3.63) is 0 Å². The highest BCUT2D eigenvalue weighted by Crippen LogP contribution is 2.19. The molecule has 1 fully saturated rings. The van der Waals surface area contributed by atoms with E-state index in [1.807, 2.05) is 9.80 Å². The number of Topliss-reactive ketones (excluding diaryl/α,β-unsaturated/α-hetero) is 1. The topological polar surface area (TPSA) is 79.4 Å². The predicted octanol–water partition coefficient (Wildman–Crippen LogP) is 0.257. The van der Waals surface area contributed by atoms with Crippen molar-refractivity contribution in [3.8, 4) is 0 Å². The lowest BCUT2D eigenvalue weighted by Gasteiger charge is -2.26. The standard InChI is InChI=1S/C19H35N3O5/c1-19(2,3)12-16(23)13-20-6-8-21(14-17(24)26-4)10-11-22(9-7-20)15-18(25)27-5/h6-15H2,1-5H3. The Morgan fingerprint density at radius 1 is 0.704 bits per heavy atom. The van der Waals surface area contributed by atoms with E-state index in [1.165, 1.54) is 14.2 Å². The van der Waals surface area contributed by atoms with Gasteiger partial charge in [-0.1, -0.05) is 20.8 Å². The molecule has 27 heavy (non-hydrogen) atoms. The molecule has 1 aliphatic rings. The number of ketones is 1. The molecule has 0 aromatic heterocycles. The van der Waals surface area contributed by atoms with Crippen LogP contribution in [0.25, 0.3) is 0 Å². The van der Waals surface area contributed by atoms with Crippen LogP contribution in [0.3, 0.4) is 0 Å². The third-order valence-electron chi connectivity index (χ3n) is 4.49.